The van der Waals surface area contributed by atoms with Crippen molar-refractivity contribution in [2.45, 2.75) is 0 Å². The van der Waals surface area contributed by atoms with Crippen LogP contribution in [0.5, 0.6) is 0 Å². The van der Waals surface area contributed by atoms with Crippen LogP contribution < -0.4 is 0 Å². The van der Waals surface area contributed by atoms with E-state index < -0.39 is 0 Å². The Balaban J connectivity index is 0.00000133. The van der Waals surface area contributed by atoms with Crippen LogP contribution in [-0.4, -0.2) is 4.98 Å². The van der Waals surface area contributed by atoms with Gasteiger partial charge in [0.15, 0.2) is 0 Å². The molecule has 0 aliphatic carbocycles. The molecule has 1 heterocycles. The topological polar surface area (TPSA) is 12.9 Å². The molecule has 2 heteroatoms. The standard InChI is InChI=1S/C17H12N.Ir/c1-2-8-14(9-3-1)15-10-4-5-11-16(15)17-12-6-7-13-18-17;/h1-10,12-13H;/q-1;. The summed E-state index contributed by atoms with van der Waals surface area (Å²) in [6.07, 6.45) is 1.81. The second-order valence-electron chi connectivity index (χ2n) is 4.04. The van der Waals surface area contributed by atoms with Gasteiger partial charge in [-0.2, -0.15) is 0 Å². The Morgan fingerprint density at radius 3 is 2.32 bits per heavy atom. The first-order valence-electron chi connectivity index (χ1n) is 5.93. The molecule has 0 unspecified atom stereocenters. The van der Waals surface area contributed by atoms with Crippen molar-refractivity contribution >= 4 is 0 Å². The van der Waals surface area contributed by atoms with E-state index in [9.17, 15) is 0 Å². The molecule has 0 saturated heterocycles. The number of rotatable bonds is 2. The molecule has 0 aliphatic heterocycles. The van der Waals surface area contributed by atoms with E-state index >= 15 is 0 Å². The molecule has 0 aliphatic rings. The molecule has 3 aromatic rings. The maximum absolute atomic E-state index is 4.40. The van der Waals surface area contributed by atoms with Crippen LogP contribution in [-0.2, 0) is 20.1 Å². The van der Waals surface area contributed by atoms with Crippen LogP contribution >= 0.6 is 0 Å². The predicted molar refractivity (Wildman–Crippen MR) is 73.9 cm³/mol. The van der Waals surface area contributed by atoms with Crippen LogP contribution in [0.4, 0.5) is 0 Å². The van der Waals surface area contributed by atoms with E-state index in [4.69, 9.17) is 0 Å². The van der Waals surface area contributed by atoms with E-state index in [1.807, 2.05) is 54.7 Å². The predicted octanol–water partition coefficient (Wildman–Crippen LogP) is 4.21. The molecule has 3 rings (SSSR count). The summed E-state index contributed by atoms with van der Waals surface area (Å²) in [5, 5.41) is 0. The van der Waals surface area contributed by atoms with E-state index in [1.54, 1.807) is 0 Å². The molecule has 1 nitrogen and oxygen atoms in total. The van der Waals surface area contributed by atoms with Crippen LogP contribution in [0, 0.1) is 6.07 Å². The first-order chi connectivity index (χ1) is 8.95. The average molecular weight is 423 g/mol. The Labute approximate surface area is 126 Å². The summed E-state index contributed by atoms with van der Waals surface area (Å²) in [5.41, 5.74) is 4.35. The Kier molecular flexibility index (Phi) is 4.62. The third-order valence-corrected chi connectivity index (χ3v) is 2.86. The number of hydrogen-bond donors (Lipinski definition) is 0. The number of pyridine rings is 1. The van der Waals surface area contributed by atoms with E-state index in [1.165, 1.54) is 5.56 Å². The van der Waals surface area contributed by atoms with Crippen LogP contribution in [0.15, 0.2) is 72.9 Å². The second kappa shape index (κ2) is 6.42. The molecule has 0 amide bonds. The number of hydrogen-bond acceptors (Lipinski definition) is 1. The summed E-state index contributed by atoms with van der Waals surface area (Å²) in [6.45, 7) is 0. The van der Waals surface area contributed by atoms with Crippen molar-refractivity contribution in [1.29, 1.82) is 0 Å². The van der Waals surface area contributed by atoms with E-state index in [0.717, 1.165) is 16.8 Å². The fraction of sp³-hybridized carbons (Fsp3) is 0. The average Bonchev–Trinajstić information content (AvgIpc) is 2.49. The van der Waals surface area contributed by atoms with Gasteiger partial charge in [-0.25, -0.2) is 0 Å². The number of benzene rings is 2. The van der Waals surface area contributed by atoms with E-state index in [-0.39, 0.29) is 20.1 Å². The third kappa shape index (κ3) is 2.98. The fourth-order valence-corrected chi connectivity index (χ4v) is 2.02. The van der Waals surface area contributed by atoms with Gasteiger partial charge in [-0.1, -0.05) is 53.6 Å². The van der Waals surface area contributed by atoms with Crippen molar-refractivity contribution in [1.82, 2.24) is 4.98 Å². The maximum Gasteiger partial charge on any atom is 0.0160 e. The minimum Gasteiger partial charge on any atom is -0.305 e. The van der Waals surface area contributed by atoms with Crippen molar-refractivity contribution in [3.8, 4) is 22.4 Å². The van der Waals surface area contributed by atoms with E-state index in [2.05, 4.69) is 29.2 Å². The SMILES string of the molecule is [Ir].[c-]1cccc(-c2ccccc2)c1-c1ccccn1. The van der Waals surface area contributed by atoms with Crippen LogP contribution in [0.1, 0.15) is 0 Å². The van der Waals surface area contributed by atoms with Gasteiger partial charge in [0, 0.05) is 26.3 Å². The Bertz CT molecular complexity index is 577. The molecule has 1 aromatic heterocycles. The molecule has 0 N–H and O–H groups in total. The van der Waals surface area contributed by atoms with Gasteiger partial charge in [0.25, 0.3) is 0 Å². The molecule has 0 saturated carbocycles. The van der Waals surface area contributed by atoms with Crippen molar-refractivity contribution < 1.29 is 20.1 Å². The van der Waals surface area contributed by atoms with Gasteiger partial charge < -0.3 is 4.98 Å². The number of aromatic nitrogens is 1. The zero-order valence-corrected chi connectivity index (χ0v) is 12.6. The maximum atomic E-state index is 4.40. The minimum absolute atomic E-state index is 0. The largest absolute Gasteiger partial charge is 0.305 e. The molecule has 0 spiro atoms. The van der Waals surface area contributed by atoms with Crippen molar-refractivity contribution in [2.24, 2.45) is 0 Å². The Morgan fingerprint density at radius 1 is 0.789 bits per heavy atom. The fourth-order valence-electron chi connectivity index (χ4n) is 2.02. The van der Waals surface area contributed by atoms with Crippen LogP contribution in [0.3, 0.4) is 0 Å². The van der Waals surface area contributed by atoms with Gasteiger partial charge in [0.1, 0.15) is 0 Å². The first kappa shape index (κ1) is 13.7. The molecule has 1 radical (unpaired) electrons. The normalized spacial score (nSPS) is 9.68. The van der Waals surface area contributed by atoms with Gasteiger partial charge in [-0.05, 0) is 11.8 Å². The second-order valence-corrected chi connectivity index (χ2v) is 4.04. The van der Waals surface area contributed by atoms with Crippen LogP contribution in [0.2, 0.25) is 0 Å². The summed E-state index contributed by atoms with van der Waals surface area (Å²) in [5.74, 6) is 0. The van der Waals surface area contributed by atoms with Gasteiger partial charge in [-0.3, -0.25) is 0 Å². The Morgan fingerprint density at radius 2 is 1.58 bits per heavy atom. The summed E-state index contributed by atoms with van der Waals surface area (Å²) in [7, 11) is 0. The van der Waals surface area contributed by atoms with Gasteiger partial charge in [-0.15, -0.1) is 29.8 Å². The van der Waals surface area contributed by atoms with Crippen molar-refractivity contribution in [3.05, 3.63) is 79.0 Å². The zero-order valence-electron chi connectivity index (χ0n) is 10.2. The molecule has 0 bridgehead atoms. The van der Waals surface area contributed by atoms with Crippen LogP contribution in [0.25, 0.3) is 22.4 Å². The van der Waals surface area contributed by atoms with Crippen molar-refractivity contribution in [2.75, 3.05) is 0 Å². The van der Waals surface area contributed by atoms with Crippen molar-refractivity contribution in [3.63, 3.8) is 0 Å². The third-order valence-electron chi connectivity index (χ3n) is 2.86. The molecule has 0 fully saturated rings. The summed E-state index contributed by atoms with van der Waals surface area (Å²) < 4.78 is 0. The summed E-state index contributed by atoms with van der Waals surface area (Å²) in [4.78, 5) is 4.40. The van der Waals surface area contributed by atoms with E-state index in [0.29, 0.717) is 0 Å². The zero-order chi connectivity index (χ0) is 12.2. The number of nitrogens with zero attached hydrogens (tertiary/aromatic N) is 1. The quantitative estimate of drug-likeness (QED) is 0.564. The Hall–Kier alpha value is -1.76. The van der Waals surface area contributed by atoms with Gasteiger partial charge in [0.05, 0.1) is 0 Å². The smallest absolute Gasteiger partial charge is 0.0160 e. The first-order valence-corrected chi connectivity index (χ1v) is 5.93. The molecule has 95 valence electrons. The summed E-state index contributed by atoms with van der Waals surface area (Å²) >= 11 is 0. The molecule has 19 heavy (non-hydrogen) atoms. The molecule has 0 atom stereocenters. The molecular weight excluding hydrogens is 410 g/mol. The van der Waals surface area contributed by atoms with Gasteiger partial charge in [0.2, 0.25) is 0 Å². The summed E-state index contributed by atoms with van der Waals surface area (Å²) in [6, 6.07) is 25.6. The molecular formula is C17H12IrN-. The minimum atomic E-state index is 0. The molecule has 2 aromatic carbocycles. The monoisotopic (exact) mass is 423 g/mol. The van der Waals surface area contributed by atoms with Gasteiger partial charge >= 0.3 is 0 Å².